The Hall–Kier alpha value is -1.64. The van der Waals surface area contributed by atoms with Crippen LogP contribution in [0.4, 0.5) is 0 Å². The van der Waals surface area contributed by atoms with Crippen molar-refractivity contribution < 1.29 is 22.7 Å². The van der Waals surface area contributed by atoms with Crippen molar-refractivity contribution in [1.82, 2.24) is 9.62 Å². The number of likely N-dealkylation sites (N-methyl/N-ethyl adjacent to an activating group) is 1. The number of amides is 1. The van der Waals surface area contributed by atoms with Crippen LogP contribution in [0.1, 0.15) is 25.8 Å². The van der Waals surface area contributed by atoms with Gasteiger partial charge in [0.2, 0.25) is 15.9 Å². The Kier molecular flexibility index (Phi) is 8.88. The van der Waals surface area contributed by atoms with Crippen LogP contribution in [0.15, 0.2) is 23.1 Å². The molecule has 1 aromatic rings. The van der Waals surface area contributed by atoms with Gasteiger partial charge in [0, 0.05) is 26.3 Å². The van der Waals surface area contributed by atoms with Crippen molar-refractivity contribution in [2.24, 2.45) is 0 Å². The average molecular weight is 372 g/mol. The van der Waals surface area contributed by atoms with Crippen molar-refractivity contribution in [1.29, 1.82) is 0 Å². The number of nitrogens with zero attached hydrogens (tertiary/aromatic N) is 1. The van der Waals surface area contributed by atoms with E-state index in [4.69, 9.17) is 9.47 Å². The summed E-state index contributed by atoms with van der Waals surface area (Å²) in [6.45, 7) is 7.05. The smallest absolute Gasteiger partial charge is 0.243 e. The van der Waals surface area contributed by atoms with Crippen LogP contribution >= 0.6 is 0 Å². The summed E-state index contributed by atoms with van der Waals surface area (Å²) in [6, 6.07) is 4.66. The molecule has 8 heteroatoms. The topological polar surface area (TPSA) is 84.9 Å². The van der Waals surface area contributed by atoms with E-state index in [-0.39, 0.29) is 23.9 Å². The lowest BCUT2D eigenvalue weighted by Crippen LogP contribution is -2.41. The Morgan fingerprint density at radius 1 is 1.28 bits per heavy atom. The third-order valence-corrected chi connectivity index (χ3v) is 5.59. The molecule has 1 rings (SSSR count). The number of hydrogen-bond donors (Lipinski definition) is 1. The molecular weight excluding hydrogens is 344 g/mol. The highest BCUT2D eigenvalue weighted by Gasteiger charge is 2.25. The zero-order chi connectivity index (χ0) is 18.9. The second-order valence-corrected chi connectivity index (χ2v) is 7.40. The first-order chi connectivity index (χ1) is 11.9. The quantitative estimate of drug-likeness (QED) is 0.596. The van der Waals surface area contributed by atoms with E-state index >= 15 is 0 Å². The van der Waals surface area contributed by atoms with Gasteiger partial charge in [0.15, 0.2) is 0 Å². The Labute approximate surface area is 150 Å². The van der Waals surface area contributed by atoms with Gasteiger partial charge >= 0.3 is 0 Å². The van der Waals surface area contributed by atoms with Gasteiger partial charge in [0.1, 0.15) is 5.75 Å². The lowest BCUT2D eigenvalue weighted by Gasteiger charge is -2.20. The van der Waals surface area contributed by atoms with Gasteiger partial charge in [-0.3, -0.25) is 4.79 Å². The number of ether oxygens (including phenoxy) is 2. The highest BCUT2D eigenvalue weighted by molar-refractivity contribution is 7.89. The maximum Gasteiger partial charge on any atom is 0.243 e. The van der Waals surface area contributed by atoms with Crippen LogP contribution in [0, 0.1) is 6.92 Å². The molecule has 0 heterocycles. The van der Waals surface area contributed by atoms with E-state index in [1.54, 1.807) is 26.0 Å². The van der Waals surface area contributed by atoms with Crippen molar-refractivity contribution in [3.05, 3.63) is 23.8 Å². The molecule has 0 spiro atoms. The Morgan fingerprint density at radius 2 is 2.00 bits per heavy atom. The summed E-state index contributed by atoms with van der Waals surface area (Å²) in [5, 5.41) is 2.71. The van der Waals surface area contributed by atoms with Gasteiger partial charge in [-0.1, -0.05) is 6.92 Å². The molecule has 1 aromatic carbocycles. The summed E-state index contributed by atoms with van der Waals surface area (Å²) in [7, 11) is -2.21. The minimum atomic E-state index is -3.74. The third kappa shape index (κ3) is 6.30. The standard InChI is InChI=1S/C17H28N2O5S/c1-5-19(13-17(20)18-10-7-11-24-6-2)25(21,22)15-8-9-16(23-4)14(3)12-15/h8-9,12H,5-7,10-11,13H2,1-4H3,(H,18,20). The second kappa shape index (κ2) is 10.4. The van der Waals surface area contributed by atoms with Crippen molar-refractivity contribution in [3.8, 4) is 5.75 Å². The first-order valence-corrected chi connectivity index (χ1v) is 9.80. The number of benzene rings is 1. The molecule has 0 unspecified atom stereocenters. The van der Waals surface area contributed by atoms with Gasteiger partial charge in [-0.15, -0.1) is 0 Å². The maximum atomic E-state index is 12.8. The highest BCUT2D eigenvalue weighted by Crippen LogP contribution is 2.23. The van der Waals surface area contributed by atoms with E-state index in [1.165, 1.54) is 13.2 Å². The molecule has 0 bridgehead atoms. The molecule has 0 atom stereocenters. The Morgan fingerprint density at radius 3 is 2.56 bits per heavy atom. The van der Waals surface area contributed by atoms with Crippen molar-refractivity contribution in [2.75, 3.05) is 40.0 Å². The predicted molar refractivity (Wildman–Crippen MR) is 96.3 cm³/mol. The molecule has 0 aromatic heterocycles. The minimum Gasteiger partial charge on any atom is -0.496 e. The van der Waals surface area contributed by atoms with Gasteiger partial charge in [-0.25, -0.2) is 8.42 Å². The molecule has 0 saturated carbocycles. The Balaban J connectivity index is 2.73. The first kappa shape index (κ1) is 21.4. The fourth-order valence-electron chi connectivity index (χ4n) is 2.29. The lowest BCUT2D eigenvalue weighted by molar-refractivity contribution is -0.121. The summed E-state index contributed by atoms with van der Waals surface area (Å²) in [4.78, 5) is 12.2. The van der Waals surface area contributed by atoms with Crippen molar-refractivity contribution in [3.63, 3.8) is 0 Å². The van der Waals surface area contributed by atoms with E-state index in [9.17, 15) is 13.2 Å². The first-order valence-electron chi connectivity index (χ1n) is 8.36. The summed E-state index contributed by atoms with van der Waals surface area (Å²) < 4.78 is 37.0. The van der Waals surface area contributed by atoms with Crippen LogP contribution in [0.2, 0.25) is 0 Å². The molecule has 0 saturated heterocycles. The molecule has 7 nitrogen and oxygen atoms in total. The summed E-state index contributed by atoms with van der Waals surface area (Å²) in [5.41, 5.74) is 0.722. The predicted octanol–water partition coefficient (Wildman–Crippen LogP) is 1.56. The van der Waals surface area contributed by atoms with Crippen LogP contribution in [0.3, 0.4) is 0 Å². The number of carbonyl (C=O) groups excluding carboxylic acids is 1. The largest absolute Gasteiger partial charge is 0.496 e. The lowest BCUT2D eigenvalue weighted by atomic mass is 10.2. The van der Waals surface area contributed by atoms with Crippen LogP contribution in [-0.2, 0) is 19.6 Å². The number of sulfonamides is 1. The fourth-order valence-corrected chi connectivity index (χ4v) is 3.78. The van der Waals surface area contributed by atoms with Crippen LogP contribution in [0.5, 0.6) is 5.75 Å². The van der Waals surface area contributed by atoms with Crippen molar-refractivity contribution in [2.45, 2.75) is 32.1 Å². The number of carbonyl (C=O) groups is 1. The maximum absolute atomic E-state index is 12.8. The van der Waals surface area contributed by atoms with Gasteiger partial charge in [-0.2, -0.15) is 4.31 Å². The molecule has 0 aliphatic rings. The monoisotopic (exact) mass is 372 g/mol. The van der Waals surface area contributed by atoms with Gasteiger partial charge in [-0.05, 0) is 44.0 Å². The van der Waals surface area contributed by atoms with E-state index in [0.717, 1.165) is 9.87 Å². The average Bonchev–Trinajstić information content (AvgIpc) is 2.59. The van der Waals surface area contributed by atoms with Gasteiger partial charge in [0.25, 0.3) is 0 Å². The summed E-state index contributed by atoms with van der Waals surface area (Å²) >= 11 is 0. The van der Waals surface area contributed by atoms with Crippen LogP contribution in [-0.4, -0.2) is 58.6 Å². The molecule has 1 amide bonds. The van der Waals surface area contributed by atoms with Crippen LogP contribution < -0.4 is 10.1 Å². The highest BCUT2D eigenvalue weighted by atomic mass is 32.2. The zero-order valence-electron chi connectivity index (χ0n) is 15.4. The molecule has 0 radical (unpaired) electrons. The van der Waals surface area contributed by atoms with E-state index in [1.807, 2.05) is 6.92 Å². The van der Waals surface area contributed by atoms with Gasteiger partial charge < -0.3 is 14.8 Å². The summed E-state index contributed by atoms with van der Waals surface area (Å²) in [6.07, 6.45) is 0.691. The molecule has 1 N–H and O–H groups in total. The summed E-state index contributed by atoms with van der Waals surface area (Å²) in [5.74, 6) is 0.293. The molecule has 25 heavy (non-hydrogen) atoms. The molecule has 0 fully saturated rings. The third-order valence-electron chi connectivity index (χ3n) is 3.67. The number of rotatable bonds is 11. The zero-order valence-corrected chi connectivity index (χ0v) is 16.2. The molecule has 142 valence electrons. The number of aryl methyl sites for hydroxylation is 1. The van der Waals surface area contributed by atoms with E-state index in [2.05, 4.69) is 5.32 Å². The number of hydrogen-bond acceptors (Lipinski definition) is 5. The molecular formula is C17H28N2O5S. The van der Waals surface area contributed by atoms with E-state index < -0.39 is 10.0 Å². The minimum absolute atomic E-state index is 0.150. The molecule has 0 aliphatic heterocycles. The SMILES string of the molecule is CCOCCCNC(=O)CN(CC)S(=O)(=O)c1ccc(OC)c(C)c1. The van der Waals surface area contributed by atoms with E-state index in [0.29, 0.717) is 31.9 Å². The second-order valence-electron chi connectivity index (χ2n) is 5.46. The van der Waals surface area contributed by atoms with Crippen LogP contribution in [0.25, 0.3) is 0 Å². The number of nitrogens with one attached hydrogen (secondary N) is 1. The molecule has 0 aliphatic carbocycles. The van der Waals surface area contributed by atoms with Gasteiger partial charge in [0.05, 0.1) is 18.6 Å². The fraction of sp³-hybridized carbons (Fsp3) is 0.588. The number of methoxy groups -OCH3 is 1. The normalized spacial score (nSPS) is 11.6. The Bertz CT molecular complexity index is 661. The van der Waals surface area contributed by atoms with Crippen molar-refractivity contribution >= 4 is 15.9 Å².